The molecule has 0 saturated carbocycles. The van der Waals surface area contributed by atoms with Crippen LogP contribution in [0.25, 0.3) is 0 Å². The van der Waals surface area contributed by atoms with Crippen molar-refractivity contribution in [3.63, 3.8) is 0 Å². The van der Waals surface area contributed by atoms with E-state index in [9.17, 15) is 14.4 Å². The molecule has 0 aromatic rings. The van der Waals surface area contributed by atoms with Gasteiger partial charge in [-0.25, -0.2) is 4.79 Å². The highest BCUT2D eigenvalue weighted by atomic mass is 16.4. The topological polar surface area (TPSA) is 90.0 Å². The van der Waals surface area contributed by atoms with E-state index in [-0.39, 0.29) is 30.9 Å². The minimum Gasteiger partial charge on any atom is -0.481 e. The van der Waals surface area contributed by atoms with Gasteiger partial charge in [-0.3, -0.25) is 9.59 Å². The first-order valence-electron chi connectivity index (χ1n) is 6.38. The number of aliphatic carboxylic acids is 1. The highest BCUT2D eigenvalue weighted by molar-refractivity contribution is 5.84. The molecule has 0 unspecified atom stereocenters. The zero-order valence-corrected chi connectivity index (χ0v) is 11.4. The van der Waals surface area contributed by atoms with Gasteiger partial charge in [-0.1, -0.05) is 0 Å². The summed E-state index contributed by atoms with van der Waals surface area (Å²) >= 11 is 0. The molecule has 1 rings (SSSR count). The summed E-state index contributed by atoms with van der Waals surface area (Å²) in [6.07, 6.45) is 2.49. The van der Waals surface area contributed by atoms with E-state index < -0.39 is 5.97 Å². The van der Waals surface area contributed by atoms with Crippen LogP contribution >= 0.6 is 0 Å². The Labute approximate surface area is 112 Å². The summed E-state index contributed by atoms with van der Waals surface area (Å²) in [5, 5.41) is 11.3. The van der Waals surface area contributed by atoms with Crippen LogP contribution < -0.4 is 5.32 Å². The fourth-order valence-electron chi connectivity index (χ4n) is 2.15. The Morgan fingerprint density at radius 1 is 1.32 bits per heavy atom. The lowest BCUT2D eigenvalue weighted by Gasteiger charge is -2.35. The lowest BCUT2D eigenvalue weighted by atomic mass is 9.99. The molecule has 1 saturated heterocycles. The number of piperidine rings is 1. The van der Waals surface area contributed by atoms with Crippen molar-refractivity contribution in [2.45, 2.75) is 31.7 Å². The fourth-order valence-corrected chi connectivity index (χ4v) is 2.15. The molecule has 7 heteroatoms. The summed E-state index contributed by atoms with van der Waals surface area (Å²) in [6.45, 7) is 0.474. The lowest BCUT2D eigenvalue weighted by Crippen LogP contribution is -2.49. The molecule has 1 fully saturated rings. The number of rotatable bonds is 4. The first-order valence-corrected chi connectivity index (χ1v) is 6.38. The Kier molecular flexibility index (Phi) is 5.59. The molecule has 19 heavy (non-hydrogen) atoms. The molecular weight excluding hydrogens is 250 g/mol. The molecule has 0 aliphatic carbocycles. The number of urea groups is 1. The molecule has 0 spiro atoms. The van der Waals surface area contributed by atoms with Crippen molar-refractivity contribution in [3.05, 3.63) is 0 Å². The van der Waals surface area contributed by atoms with E-state index in [2.05, 4.69) is 5.32 Å². The van der Waals surface area contributed by atoms with Crippen molar-refractivity contribution in [1.82, 2.24) is 15.1 Å². The highest BCUT2D eigenvalue weighted by Gasteiger charge is 2.28. The smallest absolute Gasteiger partial charge is 0.317 e. The van der Waals surface area contributed by atoms with Crippen LogP contribution in [0, 0.1) is 0 Å². The molecule has 108 valence electrons. The molecule has 7 nitrogen and oxygen atoms in total. The highest BCUT2D eigenvalue weighted by Crippen LogP contribution is 2.19. The number of carbonyl (C=O) groups excluding carboxylic acids is 2. The molecule has 0 aromatic heterocycles. The van der Waals surface area contributed by atoms with Gasteiger partial charge >= 0.3 is 12.0 Å². The van der Waals surface area contributed by atoms with Crippen LogP contribution in [0.3, 0.4) is 0 Å². The Morgan fingerprint density at radius 2 is 2.00 bits per heavy atom. The van der Waals surface area contributed by atoms with E-state index >= 15 is 0 Å². The zero-order chi connectivity index (χ0) is 14.4. The molecule has 1 atom stereocenters. The van der Waals surface area contributed by atoms with E-state index in [0.717, 1.165) is 12.8 Å². The van der Waals surface area contributed by atoms with Crippen LogP contribution in [0.5, 0.6) is 0 Å². The normalized spacial score (nSPS) is 18.8. The number of carbonyl (C=O) groups is 3. The van der Waals surface area contributed by atoms with Gasteiger partial charge in [-0.05, 0) is 19.3 Å². The largest absolute Gasteiger partial charge is 0.481 e. The van der Waals surface area contributed by atoms with Crippen LogP contribution in [0.15, 0.2) is 0 Å². The summed E-state index contributed by atoms with van der Waals surface area (Å²) in [6, 6.07) is -0.588. The molecule has 1 heterocycles. The SMILES string of the molecule is CN(C)C(=O)NCC(=O)N1CCCC[C@H]1CC(=O)O. The van der Waals surface area contributed by atoms with Gasteiger partial charge in [0.05, 0.1) is 13.0 Å². The van der Waals surface area contributed by atoms with Gasteiger partial charge in [-0.15, -0.1) is 0 Å². The molecule has 3 amide bonds. The quantitative estimate of drug-likeness (QED) is 0.759. The van der Waals surface area contributed by atoms with Crippen LogP contribution in [-0.4, -0.2) is 66.0 Å². The average Bonchev–Trinajstić information content (AvgIpc) is 2.35. The summed E-state index contributed by atoms with van der Waals surface area (Å²) in [5.41, 5.74) is 0. The van der Waals surface area contributed by atoms with Crippen molar-refractivity contribution in [3.8, 4) is 0 Å². The molecule has 1 aliphatic heterocycles. The van der Waals surface area contributed by atoms with Gasteiger partial charge in [0.2, 0.25) is 5.91 Å². The summed E-state index contributed by atoms with van der Waals surface area (Å²) < 4.78 is 0. The maximum Gasteiger partial charge on any atom is 0.317 e. The number of hydrogen-bond donors (Lipinski definition) is 2. The molecule has 0 bridgehead atoms. The lowest BCUT2D eigenvalue weighted by molar-refractivity contribution is -0.141. The Hall–Kier alpha value is -1.79. The number of likely N-dealkylation sites (tertiary alicyclic amines) is 1. The Balaban J connectivity index is 2.52. The number of hydrogen-bond acceptors (Lipinski definition) is 3. The van der Waals surface area contributed by atoms with Crippen molar-refractivity contribution in [1.29, 1.82) is 0 Å². The second-order valence-electron chi connectivity index (χ2n) is 4.89. The van der Waals surface area contributed by atoms with Gasteiger partial charge in [0.1, 0.15) is 0 Å². The predicted molar refractivity (Wildman–Crippen MR) is 68.7 cm³/mol. The first kappa shape index (κ1) is 15.3. The summed E-state index contributed by atoms with van der Waals surface area (Å²) in [4.78, 5) is 37.1. The monoisotopic (exact) mass is 271 g/mol. The molecule has 0 radical (unpaired) electrons. The molecule has 0 aromatic carbocycles. The Morgan fingerprint density at radius 3 is 2.58 bits per heavy atom. The molecular formula is C12H21N3O4. The maximum atomic E-state index is 12.0. The third-order valence-electron chi connectivity index (χ3n) is 3.15. The van der Waals surface area contributed by atoms with Crippen LogP contribution in [-0.2, 0) is 9.59 Å². The number of carboxylic acid groups (broad SMARTS) is 1. The van der Waals surface area contributed by atoms with Crippen LogP contribution in [0.4, 0.5) is 4.79 Å². The van der Waals surface area contributed by atoms with Gasteiger partial charge in [-0.2, -0.15) is 0 Å². The fraction of sp³-hybridized carbons (Fsp3) is 0.750. The number of amides is 3. The summed E-state index contributed by atoms with van der Waals surface area (Å²) in [7, 11) is 3.18. The Bertz CT molecular complexity index is 357. The number of nitrogens with zero attached hydrogens (tertiary/aromatic N) is 2. The van der Waals surface area contributed by atoms with Crippen molar-refractivity contribution in [2.75, 3.05) is 27.2 Å². The molecule has 2 N–H and O–H groups in total. The second kappa shape index (κ2) is 6.96. The number of nitrogens with one attached hydrogen (secondary N) is 1. The van der Waals surface area contributed by atoms with E-state index in [1.54, 1.807) is 19.0 Å². The van der Waals surface area contributed by atoms with Crippen LogP contribution in [0.2, 0.25) is 0 Å². The van der Waals surface area contributed by atoms with Gasteiger partial charge in [0, 0.05) is 26.7 Å². The van der Waals surface area contributed by atoms with Gasteiger partial charge < -0.3 is 20.2 Å². The molecule has 1 aliphatic rings. The van der Waals surface area contributed by atoms with E-state index in [4.69, 9.17) is 5.11 Å². The van der Waals surface area contributed by atoms with E-state index in [1.807, 2.05) is 0 Å². The van der Waals surface area contributed by atoms with Gasteiger partial charge in [0.15, 0.2) is 0 Å². The third kappa shape index (κ3) is 4.76. The average molecular weight is 271 g/mol. The van der Waals surface area contributed by atoms with E-state index in [0.29, 0.717) is 13.0 Å². The van der Waals surface area contributed by atoms with E-state index in [1.165, 1.54) is 4.90 Å². The maximum absolute atomic E-state index is 12.0. The third-order valence-corrected chi connectivity index (χ3v) is 3.15. The standard InChI is InChI=1S/C12H21N3O4/c1-14(2)12(19)13-8-10(16)15-6-4-3-5-9(15)7-11(17)18/h9H,3-8H2,1-2H3,(H,13,19)(H,17,18)/t9-/m0/s1. The van der Waals surface area contributed by atoms with Crippen LogP contribution in [0.1, 0.15) is 25.7 Å². The zero-order valence-electron chi connectivity index (χ0n) is 11.4. The second-order valence-corrected chi connectivity index (χ2v) is 4.89. The van der Waals surface area contributed by atoms with Crippen molar-refractivity contribution >= 4 is 17.9 Å². The predicted octanol–water partition coefficient (Wildman–Crippen LogP) is 0.113. The summed E-state index contributed by atoms with van der Waals surface area (Å²) in [5.74, 6) is -1.12. The minimum absolute atomic E-state index is 0.0344. The van der Waals surface area contributed by atoms with Crippen molar-refractivity contribution < 1.29 is 19.5 Å². The number of carboxylic acids is 1. The first-order chi connectivity index (χ1) is 8.91. The van der Waals surface area contributed by atoms with Crippen molar-refractivity contribution in [2.24, 2.45) is 0 Å². The van der Waals surface area contributed by atoms with Gasteiger partial charge in [0.25, 0.3) is 0 Å². The minimum atomic E-state index is -0.901.